The summed E-state index contributed by atoms with van der Waals surface area (Å²) < 4.78 is 16.4. The van der Waals surface area contributed by atoms with Crippen LogP contribution in [0, 0.1) is 0 Å². The molecule has 166 valence electrons. The maximum Gasteiger partial charge on any atom is 0.193 e. The fourth-order valence-corrected chi connectivity index (χ4v) is 2.96. The van der Waals surface area contributed by atoms with E-state index in [9.17, 15) is 0 Å². The standard InChI is InChI=1S/C23H33N3O3.HI/c1-24-23(25-15-8-9-17-29-20-10-6-5-7-11-20)26(2)16-14-19-12-13-21(27-3)22(18-19)28-4;/h5-7,10-13,18H,8-9,14-17H2,1-4H3,(H,24,25);1H. The Balaban J connectivity index is 0.00000450. The molecule has 2 rings (SSSR count). The first-order valence-electron chi connectivity index (χ1n) is 9.98. The van der Waals surface area contributed by atoms with Crippen molar-refractivity contribution in [3.63, 3.8) is 0 Å². The molecule has 0 saturated carbocycles. The lowest BCUT2D eigenvalue weighted by Crippen LogP contribution is -2.40. The van der Waals surface area contributed by atoms with Crippen molar-refractivity contribution in [2.45, 2.75) is 19.3 Å². The summed E-state index contributed by atoms with van der Waals surface area (Å²) in [5, 5.41) is 3.42. The highest BCUT2D eigenvalue weighted by atomic mass is 127. The van der Waals surface area contributed by atoms with Gasteiger partial charge in [-0.3, -0.25) is 4.99 Å². The van der Waals surface area contributed by atoms with E-state index in [2.05, 4.69) is 28.3 Å². The van der Waals surface area contributed by atoms with Gasteiger partial charge in [0.05, 0.1) is 20.8 Å². The summed E-state index contributed by atoms with van der Waals surface area (Å²) in [6.07, 6.45) is 2.91. The largest absolute Gasteiger partial charge is 0.494 e. The van der Waals surface area contributed by atoms with Crippen molar-refractivity contribution in [3.8, 4) is 17.2 Å². The lowest BCUT2D eigenvalue weighted by atomic mass is 10.1. The van der Waals surface area contributed by atoms with E-state index in [0.29, 0.717) is 0 Å². The van der Waals surface area contributed by atoms with Crippen molar-refractivity contribution in [2.24, 2.45) is 4.99 Å². The minimum absolute atomic E-state index is 0. The van der Waals surface area contributed by atoms with Gasteiger partial charge in [-0.15, -0.1) is 24.0 Å². The molecular weight excluding hydrogens is 493 g/mol. The Hall–Kier alpha value is -2.16. The van der Waals surface area contributed by atoms with Crippen molar-refractivity contribution >= 4 is 29.9 Å². The second-order valence-corrected chi connectivity index (χ2v) is 6.70. The monoisotopic (exact) mass is 527 g/mol. The first-order valence-corrected chi connectivity index (χ1v) is 9.98. The highest BCUT2D eigenvalue weighted by Crippen LogP contribution is 2.27. The van der Waals surface area contributed by atoms with Crippen molar-refractivity contribution in [2.75, 3.05) is 48.0 Å². The zero-order valence-electron chi connectivity index (χ0n) is 18.4. The number of methoxy groups -OCH3 is 2. The van der Waals surface area contributed by atoms with Crippen molar-refractivity contribution in [1.29, 1.82) is 0 Å². The van der Waals surface area contributed by atoms with Crippen LogP contribution >= 0.6 is 24.0 Å². The van der Waals surface area contributed by atoms with E-state index >= 15 is 0 Å². The number of halogens is 1. The number of guanidine groups is 1. The molecule has 0 amide bonds. The fraction of sp³-hybridized carbons (Fsp3) is 0.435. The van der Waals surface area contributed by atoms with Gasteiger partial charge in [0.2, 0.25) is 0 Å². The Kier molecular flexibility index (Phi) is 12.7. The van der Waals surface area contributed by atoms with Crippen LogP contribution in [-0.4, -0.2) is 58.9 Å². The average Bonchev–Trinajstić information content (AvgIpc) is 2.77. The summed E-state index contributed by atoms with van der Waals surface area (Å²) in [6.45, 7) is 2.44. The predicted molar refractivity (Wildman–Crippen MR) is 134 cm³/mol. The van der Waals surface area contributed by atoms with Gasteiger partial charge >= 0.3 is 0 Å². The zero-order valence-corrected chi connectivity index (χ0v) is 20.7. The number of nitrogens with one attached hydrogen (secondary N) is 1. The molecule has 0 bridgehead atoms. The van der Waals surface area contributed by atoms with Gasteiger partial charge in [0.15, 0.2) is 17.5 Å². The molecule has 0 aliphatic rings. The first-order chi connectivity index (χ1) is 14.2. The summed E-state index contributed by atoms with van der Waals surface area (Å²) in [5.41, 5.74) is 1.20. The molecular formula is C23H34IN3O3. The normalized spacial score (nSPS) is 10.7. The van der Waals surface area contributed by atoms with Gasteiger partial charge in [0.1, 0.15) is 5.75 Å². The lowest BCUT2D eigenvalue weighted by molar-refractivity contribution is 0.306. The highest BCUT2D eigenvalue weighted by Gasteiger charge is 2.08. The molecule has 6 nitrogen and oxygen atoms in total. The number of rotatable bonds is 11. The van der Waals surface area contributed by atoms with Gasteiger partial charge in [-0.05, 0) is 49.1 Å². The molecule has 0 spiro atoms. The molecule has 7 heteroatoms. The summed E-state index contributed by atoms with van der Waals surface area (Å²) in [7, 11) is 7.17. The van der Waals surface area contributed by atoms with Gasteiger partial charge in [-0.2, -0.15) is 0 Å². The molecule has 0 aliphatic carbocycles. The van der Waals surface area contributed by atoms with Crippen LogP contribution in [0.4, 0.5) is 0 Å². The Morgan fingerprint density at radius 1 is 1.00 bits per heavy atom. The molecule has 0 heterocycles. The van der Waals surface area contributed by atoms with Crippen molar-refractivity contribution in [3.05, 3.63) is 54.1 Å². The molecule has 1 N–H and O–H groups in total. The Labute approximate surface area is 197 Å². The zero-order chi connectivity index (χ0) is 20.9. The van der Waals surface area contributed by atoms with Gasteiger partial charge in [-0.1, -0.05) is 24.3 Å². The van der Waals surface area contributed by atoms with Crippen molar-refractivity contribution in [1.82, 2.24) is 10.2 Å². The lowest BCUT2D eigenvalue weighted by Gasteiger charge is -2.22. The number of hydrogen-bond acceptors (Lipinski definition) is 4. The third-order valence-corrected chi connectivity index (χ3v) is 4.62. The second kappa shape index (κ2) is 14.8. The number of unbranched alkanes of at least 4 members (excludes halogenated alkanes) is 1. The quantitative estimate of drug-likeness (QED) is 0.205. The van der Waals surface area contributed by atoms with Gasteiger partial charge in [0.25, 0.3) is 0 Å². The third-order valence-electron chi connectivity index (χ3n) is 4.62. The SMILES string of the molecule is CN=C(NCCCCOc1ccccc1)N(C)CCc1ccc(OC)c(OC)c1.I. The third kappa shape index (κ3) is 8.69. The molecule has 0 saturated heterocycles. The number of nitrogens with zero attached hydrogens (tertiary/aromatic N) is 2. The van der Waals surface area contributed by atoms with E-state index in [0.717, 1.165) is 62.2 Å². The Bertz CT molecular complexity index is 757. The first kappa shape index (κ1) is 25.9. The fourth-order valence-electron chi connectivity index (χ4n) is 2.96. The van der Waals surface area contributed by atoms with Crippen LogP contribution in [0.3, 0.4) is 0 Å². The molecule has 0 atom stereocenters. The number of benzene rings is 2. The molecule has 30 heavy (non-hydrogen) atoms. The predicted octanol–water partition coefficient (Wildman–Crippen LogP) is 4.23. The number of likely N-dealkylation sites (N-methyl/N-ethyl adjacent to an activating group) is 1. The van der Waals surface area contributed by atoms with Crippen LogP contribution in [0.2, 0.25) is 0 Å². The van der Waals surface area contributed by atoms with E-state index in [1.807, 2.05) is 49.5 Å². The van der Waals surface area contributed by atoms with Crippen LogP contribution in [0.15, 0.2) is 53.5 Å². The summed E-state index contributed by atoms with van der Waals surface area (Å²) in [6, 6.07) is 16.0. The number of aliphatic imine (C=N–C) groups is 1. The van der Waals surface area contributed by atoms with E-state index < -0.39 is 0 Å². The molecule has 0 unspecified atom stereocenters. The van der Waals surface area contributed by atoms with Crippen LogP contribution in [-0.2, 0) is 6.42 Å². The van der Waals surface area contributed by atoms with Crippen LogP contribution in [0.25, 0.3) is 0 Å². The van der Waals surface area contributed by atoms with Crippen molar-refractivity contribution < 1.29 is 14.2 Å². The molecule has 2 aromatic carbocycles. The van der Waals surface area contributed by atoms with Gasteiger partial charge < -0.3 is 24.4 Å². The second-order valence-electron chi connectivity index (χ2n) is 6.70. The topological polar surface area (TPSA) is 55.3 Å². The minimum Gasteiger partial charge on any atom is -0.494 e. The minimum atomic E-state index is 0. The summed E-state index contributed by atoms with van der Waals surface area (Å²) in [4.78, 5) is 6.52. The number of para-hydroxylation sites is 1. The molecule has 0 aliphatic heterocycles. The summed E-state index contributed by atoms with van der Waals surface area (Å²) in [5.74, 6) is 3.33. The Morgan fingerprint density at radius 2 is 1.73 bits per heavy atom. The van der Waals surface area contributed by atoms with Crippen LogP contribution in [0.5, 0.6) is 17.2 Å². The van der Waals surface area contributed by atoms with Crippen LogP contribution in [0.1, 0.15) is 18.4 Å². The number of ether oxygens (including phenoxy) is 3. The van der Waals surface area contributed by atoms with E-state index in [1.54, 1.807) is 14.2 Å². The smallest absolute Gasteiger partial charge is 0.193 e. The molecule has 2 aromatic rings. The Morgan fingerprint density at radius 3 is 2.40 bits per heavy atom. The number of hydrogen-bond donors (Lipinski definition) is 1. The highest BCUT2D eigenvalue weighted by molar-refractivity contribution is 14.0. The maximum atomic E-state index is 5.72. The molecule has 0 radical (unpaired) electrons. The molecule has 0 aromatic heterocycles. The molecule has 0 fully saturated rings. The van der Waals surface area contributed by atoms with Gasteiger partial charge in [0, 0.05) is 27.2 Å². The average molecular weight is 527 g/mol. The van der Waals surface area contributed by atoms with E-state index in [4.69, 9.17) is 14.2 Å². The maximum absolute atomic E-state index is 5.72. The summed E-state index contributed by atoms with van der Waals surface area (Å²) >= 11 is 0. The van der Waals surface area contributed by atoms with E-state index in [-0.39, 0.29) is 24.0 Å². The van der Waals surface area contributed by atoms with Crippen LogP contribution < -0.4 is 19.5 Å². The van der Waals surface area contributed by atoms with Gasteiger partial charge in [-0.25, -0.2) is 0 Å². The van der Waals surface area contributed by atoms with E-state index in [1.165, 1.54) is 5.56 Å².